The summed E-state index contributed by atoms with van der Waals surface area (Å²) in [6.45, 7) is 8.89. The van der Waals surface area contributed by atoms with Gasteiger partial charge in [0.25, 0.3) is 0 Å². The zero-order valence-corrected chi connectivity index (χ0v) is 20.2. The van der Waals surface area contributed by atoms with E-state index in [0.717, 1.165) is 0 Å². The first kappa shape index (κ1) is 27.7. The van der Waals surface area contributed by atoms with Crippen LogP contribution in [-0.2, 0) is 0 Å². The molecule has 0 atom stereocenters. The van der Waals surface area contributed by atoms with Gasteiger partial charge in [-0.3, -0.25) is 0 Å². The van der Waals surface area contributed by atoms with Crippen LogP contribution in [0, 0.1) is 0 Å². The Bertz CT molecular complexity index is 290. The Morgan fingerprint density at radius 2 is 0.571 bits per heavy atom. The summed E-state index contributed by atoms with van der Waals surface area (Å²) in [7, 11) is 0. The van der Waals surface area contributed by atoms with Crippen LogP contribution in [0.25, 0.3) is 0 Å². The molecule has 0 aromatic rings. The molecule has 0 saturated heterocycles. The Morgan fingerprint density at radius 1 is 0.357 bits per heavy atom. The highest BCUT2D eigenvalue weighted by Crippen LogP contribution is 2.17. The van der Waals surface area contributed by atoms with E-state index < -0.39 is 0 Å². The molecule has 0 bridgehead atoms. The van der Waals surface area contributed by atoms with Crippen LogP contribution in [0.2, 0.25) is 0 Å². The van der Waals surface area contributed by atoms with Gasteiger partial charge in [-0.25, -0.2) is 0 Å². The standard InChI is InChI=1S/C28H56/c1-4-6-8-10-12-13-14-15-16-17-18-19-20-21-23-25-27-28(3)26-24-22-11-9-7-5-2/h3-27H2,1-2H3. The SMILES string of the molecule is C=C(CCCCCCCC)CCCCCCCCCCCCCCCCCC. The molecule has 0 unspecified atom stereocenters. The van der Waals surface area contributed by atoms with E-state index in [1.54, 1.807) is 0 Å². The topological polar surface area (TPSA) is 0 Å². The van der Waals surface area contributed by atoms with Gasteiger partial charge in [0.05, 0.1) is 0 Å². The summed E-state index contributed by atoms with van der Waals surface area (Å²) >= 11 is 0. The lowest BCUT2D eigenvalue weighted by atomic mass is 10.0. The van der Waals surface area contributed by atoms with Crippen LogP contribution in [0.4, 0.5) is 0 Å². The average Bonchev–Trinajstić information content (AvgIpc) is 2.70. The summed E-state index contributed by atoms with van der Waals surface area (Å²) in [6.07, 6.45) is 34.3. The summed E-state index contributed by atoms with van der Waals surface area (Å²) in [6, 6.07) is 0. The molecule has 0 aromatic heterocycles. The van der Waals surface area contributed by atoms with Gasteiger partial charge in [0.1, 0.15) is 0 Å². The quantitative estimate of drug-likeness (QED) is 0.113. The maximum Gasteiger partial charge on any atom is -0.0323 e. The summed E-state index contributed by atoms with van der Waals surface area (Å²) < 4.78 is 0. The van der Waals surface area contributed by atoms with E-state index in [1.807, 2.05) is 0 Å². The minimum atomic E-state index is 1.28. The van der Waals surface area contributed by atoms with Crippen LogP contribution in [0.5, 0.6) is 0 Å². The molecule has 0 nitrogen and oxygen atoms in total. The van der Waals surface area contributed by atoms with Gasteiger partial charge in [-0.05, 0) is 25.7 Å². The third-order valence-corrected chi connectivity index (χ3v) is 6.27. The van der Waals surface area contributed by atoms with E-state index in [4.69, 9.17) is 0 Å². The zero-order valence-electron chi connectivity index (χ0n) is 20.2. The molecule has 0 rings (SSSR count). The molecule has 0 heteroatoms. The van der Waals surface area contributed by atoms with E-state index in [2.05, 4.69) is 20.4 Å². The van der Waals surface area contributed by atoms with Crippen molar-refractivity contribution in [3.05, 3.63) is 12.2 Å². The van der Waals surface area contributed by atoms with E-state index in [1.165, 1.54) is 160 Å². The Hall–Kier alpha value is -0.260. The largest absolute Gasteiger partial charge is 0.0999 e. The molecule has 0 aliphatic carbocycles. The van der Waals surface area contributed by atoms with Crippen molar-refractivity contribution in [3.63, 3.8) is 0 Å². The predicted molar refractivity (Wildman–Crippen MR) is 131 cm³/mol. The van der Waals surface area contributed by atoms with Crippen molar-refractivity contribution in [1.82, 2.24) is 0 Å². The maximum atomic E-state index is 4.30. The fourth-order valence-corrected chi connectivity index (χ4v) is 4.20. The highest BCUT2D eigenvalue weighted by Gasteiger charge is 1.98. The van der Waals surface area contributed by atoms with Crippen LogP contribution in [0.1, 0.15) is 168 Å². The summed E-state index contributed by atoms with van der Waals surface area (Å²) in [5.41, 5.74) is 1.51. The number of allylic oxidation sites excluding steroid dienone is 1. The molecule has 28 heavy (non-hydrogen) atoms. The van der Waals surface area contributed by atoms with Gasteiger partial charge < -0.3 is 0 Å². The van der Waals surface area contributed by atoms with Gasteiger partial charge in [0, 0.05) is 0 Å². The molecular formula is C28H56. The minimum Gasteiger partial charge on any atom is -0.0999 e. The Balaban J connectivity index is 3.10. The van der Waals surface area contributed by atoms with Crippen molar-refractivity contribution in [2.45, 2.75) is 168 Å². The summed E-state index contributed by atoms with van der Waals surface area (Å²) in [5, 5.41) is 0. The van der Waals surface area contributed by atoms with E-state index >= 15 is 0 Å². The van der Waals surface area contributed by atoms with Crippen molar-refractivity contribution in [2.24, 2.45) is 0 Å². The van der Waals surface area contributed by atoms with Crippen LogP contribution < -0.4 is 0 Å². The Labute approximate surface area is 180 Å². The van der Waals surface area contributed by atoms with Crippen molar-refractivity contribution in [1.29, 1.82) is 0 Å². The zero-order chi connectivity index (χ0) is 20.5. The Morgan fingerprint density at radius 3 is 0.821 bits per heavy atom. The lowest BCUT2D eigenvalue weighted by molar-refractivity contribution is 0.528. The monoisotopic (exact) mass is 392 g/mol. The van der Waals surface area contributed by atoms with Crippen LogP contribution in [0.3, 0.4) is 0 Å². The van der Waals surface area contributed by atoms with Crippen LogP contribution in [-0.4, -0.2) is 0 Å². The van der Waals surface area contributed by atoms with Crippen molar-refractivity contribution >= 4 is 0 Å². The third kappa shape index (κ3) is 23.8. The second kappa shape index (κ2) is 24.8. The van der Waals surface area contributed by atoms with Gasteiger partial charge in [-0.2, -0.15) is 0 Å². The summed E-state index contributed by atoms with van der Waals surface area (Å²) in [4.78, 5) is 0. The molecule has 0 radical (unpaired) electrons. The normalized spacial score (nSPS) is 11.2. The Kier molecular flexibility index (Phi) is 24.5. The highest BCUT2D eigenvalue weighted by atomic mass is 14.0. The van der Waals surface area contributed by atoms with Crippen molar-refractivity contribution in [3.8, 4) is 0 Å². The lowest BCUT2D eigenvalue weighted by Crippen LogP contribution is -1.86. The second-order valence-corrected chi connectivity index (χ2v) is 9.32. The second-order valence-electron chi connectivity index (χ2n) is 9.32. The molecule has 168 valence electrons. The van der Waals surface area contributed by atoms with Gasteiger partial charge in [-0.15, -0.1) is 0 Å². The van der Waals surface area contributed by atoms with Gasteiger partial charge in [-0.1, -0.05) is 154 Å². The van der Waals surface area contributed by atoms with E-state index in [0.29, 0.717) is 0 Å². The van der Waals surface area contributed by atoms with Crippen LogP contribution in [0.15, 0.2) is 12.2 Å². The average molecular weight is 393 g/mol. The molecule has 0 amide bonds. The number of hydrogen-bond donors (Lipinski definition) is 0. The smallest absolute Gasteiger partial charge is 0.0323 e. The molecule has 0 aliphatic heterocycles. The van der Waals surface area contributed by atoms with Gasteiger partial charge >= 0.3 is 0 Å². The molecule has 0 heterocycles. The third-order valence-electron chi connectivity index (χ3n) is 6.27. The number of hydrogen-bond acceptors (Lipinski definition) is 0. The molecule has 0 aliphatic rings. The lowest BCUT2D eigenvalue weighted by Gasteiger charge is -2.06. The maximum absolute atomic E-state index is 4.30. The molecule has 0 saturated carbocycles. The number of unbranched alkanes of at least 4 members (excludes halogenated alkanes) is 20. The fraction of sp³-hybridized carbons (Fsp3) is 0.929. The van der Waals surface area contributed by atoms with Crippen LogP contribution >= 0.6 is 0 Å². The predicted octanol–water partition coefficient (Wildman–Crippen LogP) is 10.9. The van der Waals surface area contributed by atoms with Gasteiger partial charge in [0.2, 0.25) is 0 Å². The molecule has 0 spiro atoms. The highest BCUT2D eigenvalue weighted by molar-refractivity contribution is 4.93. The first-order valence-corrected chi connectivity index (χ1v) is 13.5. The minimum absolute atomic E-state index is 1.28. The van der Waals surface area contributed by atoms with Crippen molar-refractivity contribution < 1.29 is 0 Å². The summed E-state index contributed by atoms with van der Waals surface area (Å²) in [5.74, 6) is 0. The molecule has 0 fully saturated rings. The van der Waals surface area contributed by atoms with E-state index in [-0.39, 0.29) is 0 Å². The van der Waals surface area contributed by atoms with Crippen molar-refractivity contribution in [2.75, 3.05) is 0 Å². The molecular weight excluding hydrogens is 336 g/mol. The molecule has 0 N–H and O–H groups in total. The first-order valence-electron chi connectivity index (χ1n) is 13.5. The first-order chi connectivity index (χ1) is 13.8. The van der Waals surface area contributed by atoms with E-state index in [9.17, 15) is 0 Å². The molecule has 0 aromatic carbocycles. The number of rotatable bonds is 24. The fourth-order valence-electron chi connectivity index (χ4n) is 4.20. The van der Waals surface area contributed by atoms with Gasteiger partial charge in [0.15, 0.2) is 0 Å².